The number of nitrogens with zero attached hydrogens (tertiary/aromatic N) is 2. The summed E-state index contributed by atoms with van der Waals surface area (Å²) in [7, 11) is 0. The minimum atomic E-state index is -0.0622. The Labute approximate surface area is 109 Å². The maximum atomic E-state index is 11.9. The van der Waals surface area contributed by atoms with Crippen LogP contribution in [0.15, 0.2) is 12.4 Å². The Hall–Kier alpha value is -1.76. The van der Waals surface area contributed by atoms with Gasteiger partial charge < -0.3 is 16.4 Å². The molecule has 0 saturated carbocycles. The molecule has 1 unspecified atom stereocenters. The minimum Gasteiger partial charge on any atom is -0.396 e. The molecule has 1 aromatic heterocycles. The van der Waals surface area contributed by atoms with Gasteiger partial charge in [-0.15, -0.1) is 0 Å². The molecule has 1 aliphatic rings. The van der Waals surface area contributed by atoms with Crippen molar-refractivity contribution in [1.82, 2.24) is 4.98 Å². The van der Waals surface area contributed by atoms with Crippen molar-refractivity contribution in [1.29, 1.82) is 0 Å². The molecule has 6 nitrogen and oxygen atoms in total. The maximum Gasteiger partial charge on any atom is 0.228 e. The number of carbonyl (C=O) groups excluding carboxylic acids is 2. The van der Waals surface area contributed by atoms with Gasteiger partial charge in [-0.3, -0.25) is 14.6 Å². The summed E-state index contributed by atoms with van der Waals surface area (Å²) in [4.78, 5) is 28.4. The van der Waals surface area contributed by atoms with Crippen LogP contribution in [0.5, 0.6) is 0 Å². The number of nitrogens with two attached hydrogens (primary N) is 2. The molecule has 1 aromatic rings. The van der Waals surface area contributed by atoms with E-state index in [0.717, 1.165) is 0 Å². The van der Waals surface area contributed by atoms with Gasteiger partial charge in [0.15, 0.2) is 5.12 Å². The summed E-state index contributed by atoms with van der Waals surface area (Å²) in [6.07, 6.45) is 3.30. The summed E-state index contributed by atoms with van der Waals surface area (Å²) in [6, 6.07) is 0. The number of thioether (sulfide) groups is 1. The second kappa shape index (κ2) is 4.85. The second-order valence-corrected chi connectivity index (χ2v) is 5.58. The fourth-order valence-electron chi connectivity index (χ4n) is 1.91. The first-order valence-corrected chi connectivity index (χ1v) is 6.33. The van der Waals surface area contributed by atoms with Crippen molar-refractivity contribution in [2.75, 3.05) is 22.9 Å². The molecule has 1 saturated heterocycles. The summed E-state index contributed by atoms with van der Waals surface area (Å²) in [6.45, 7) is 1.95. The molecule has 7 heteroatoms. The fraction of sp³-hybridized carbons (Fsp3) is 0.364. The lowest BCUT2D eigenvalue weighted by molar-refractivity contribution is -0.117. The van der Waals surface area contributed by atoms with Gasteiger partial charge in [0.05, 0.1) is 29.5 Å². The number of anilines is 3. The zero-order valence-corrected chi connectivity index (χ0v) is 10.7. The number of carbonyl (C=O) groups is 2. The van der Waals surface area contributed by atoms with Gasteiger partial charge in [0.2, 0.25) is 5.91 Å². The minimum absolute atomic E-state index is 0.00771. The van der Waals surface area contributed by atoms with E-state index in [4.69, 9.17) is 11.5 Å². The van der Waals surface area contributed by atoms with Crippen LogP contribution in [0.4, 0.5) is 17.1 Å². The van der Waals surface area contributed by atoms with Crippen molar-refractivity contribution >= 4 is 39.8 Å². The fourth-order valence-corrected chi connectivity index (χ4v) is 2.83. The molecule has 1 aliphatic heterocycles. The third kappa shape index (κ3) is 2.40. The van der Waals surface area contributed by atoms with Crippen LogP contribution in [0, 0.1) is 0 Å². The topological polar surface area (TPSA) is 102 Å². The van der Waals surface area contributed by atoms with E-state index >= 15 is 0 Å². The van der Waals surface area contributed by atoms with Crippen molar-refractivity contribution in [3.05, 3.63) is 12.4 Å². The van der Waals surface area contributed by atoms with Crippen molar-refractivity contribution in [2.45, 2.75) is 18.6 Å². The predicted octanol–water partition coefficient (Wildman–Crippen LogP) is 0.631. The Balaban J connectivity index is 2.22. The third-order valence-electron chi connectivity index (χ3n) is 2.71. The first kappa shape index (κ1) is 12.7. The van der Waals surface area contributed by atoms with Gasteiger partial charge in [-0.25, -0.2) is 0 Å². The van der Waals surface area contributed by atoms with Gasteiger partial charge in [-0.05, 0) is 0 Å². The first-order chi connectivity index (χ1) is 8.49. The number of aromatic nitrogens is 1. The molecule has 0 radical (unpaired) electrons. The molecule has 0 spiro atoms. The largest absolute Gasteiger partial charge is 0.396 e. The molecule has 0 aromatic carbocycles. The van der Waals surface area contributed by atoms with Gasteiger partial charge in [0.25, 0.3) is 0 Å². The number of pyridine rings is 1. The Bertz CT molecular complexity index is 506. The normalized spacial score (nSPS) is 19.3. The molecular formula is C11H14N4O2S. The average molecular weight is 266 g/mol. The molecule has 0 aliphatic carbocycles. The van der Waals surface area contributed by atoms with Crippen LogP contribution in [0.1, 0.15) is 13.3 Å². The van der Waals surface area contributed by atoms with E-state index < -0.39 is 0 Å². The molecule has 0 bridgehead atoms. The molecular weight excluding hydrogens is 252 g/mol. The highest BCUT2D eigenvalue weighted by molar-refractivity contribution is 8.14. The van der Waals surface area contributed by atoms with E-state index in [0.29, 0.717) is 30.0 Å². The summed E-state index contributed by atoms with van der Waals surface area (Å²) in [5.74, 6) is -0.0622. The highest BCUT2D eigenvalue weighted by Crippen LogP contribution is 2.33. The highest BCUT2D eigenvalue weighted by atomic mass is 32.2. The van der Waals surface area contributed by atoms with Crippen molar-refractivity contribution in [3.8, 4) is 0 Å². The summed E-state index contributed by atoms with van der Waals surface area (Å²) < 4.78 is 0. The van der Waals surface area contributed by atoms with Gasteiger partial charge in [0.1, 0.15) is 0 Å². The van der Waals surface area contributed by atoms with Crippen LogP contribution in [0.25, 0.3) is 0 Å². The molecule has 1 amide bonds. The van der Waals surface area contributed by atoms with E-state index in [-0.39, 0.29) is 16.3 Å². The first-order valence-electron chi connectivity index (χ1n) is 5.45. The van der Waals surface area contributed by atoms with E-state index in [1.54, 1.807) is 4.90 Å². The third-order valence-corrected chi connectivity index (χ3v) is 3.69. The van der Waals surface area contributed by atoms with Gasteiger partial charge >= 0.3 is 0 Å². The molecule has 96 valence electrons. The average Bonchev–Trinajstić information content (AvgIpc) is 2.62. The van der Waals surface area contributed by atoms with E-state index in [1.165, 1.54) is 31.1 Å². The summed E-state index contributed by atoms with van der Waals surface area (Å²) >= 11 is 1.18. The second-order valence-electron chi connectivity index (χ2n) is 4.10. The van der Waals surface area contributed by atoms with Gasteiger partial charge in [-0.1, -0.05) is 11.8 Å². The lowest BCUT2D eigenvalue weighted by Gasteiger charge is -2.18. The number of hydrogen-bond donors (Lipinski definition) is 2. The number of hydrogen-bond acceptors (Lipinski definition) is 6. The Morgan fingerprint density at radius 2 is 2.22 bits per heavy atom. The van der Waals surface area contributed by atoms with Crippen LogP contribution in [0.3, 0.4) is 0 Å². The molecule has 18 heavy (non-hydrogen) atoms. The maximum absolute atomic E-state index is 11.9. The Kier molecular flexibility index (Phi) is 3.42. The van der Waals surface area contributed by atoms with Crippen LogP contribution >= 0.6 is 11.8 Å². The lowest BCUT2D eigenvalue weighted by atomic mass is 10.3. The number of amides is 1. The van der Waals surface area contributed by atoms with Crippen molar-refractivity contribution in [3.63, 3.8) is 0 Å². The van der Waals surface area contributed by atoms with Crippen LogP contribution in [-0.2, 0) is 9.59 Å². The van der Waals surface area contributed by atoms with E-state index in [1.807, 2.05) is 0 Å². The highest BCUT2D eigenvalue weighted by Gasteiger charge is 2.33. The molecule has 1 atom stereocenters. The smallest absolute Gasteiger partial charge is 0.228 e. The standard InChI is InChI=1S/C11H14N4O2S/c1-6(16)18-7-2-10(17)15(5-7)9-4-14-3-8(12)11(9)13/h3-4,7H,2,5,12H2,1H3,(H2,13,14). The summed E-state index contributed by atoms with van der Waals surface area (Å²) in [5, 5.41) is -0.0239. The monoisotopic (exact) mass is 266 g/mol. The quantitative estimate of drug-likeness (QED) is 0.814. The SMILES string of the molecule is CC(=O)SC1CC(=O)N(c2cncc(N)c2N)C1. The van der Waals surface area contributed by atoms with E-state index in [9.17, 15) is 9.59 Å². The Morgan fingerprint density at radius 1 is 1.50 bits per heavy atom. The molecule has 4 N–H and O–H groups in total. The lowest BCUT2D eigenvalue weighted by Crippen LogP contribution is -2.26. The van der Waals surface area contributed by atoms with E-state index in [2.05, 4.69) is 4.98 Å². The van der Waals surface area contributed by atoms with Crippen LogP contribution < -0.4 is 16.4 Å². The predicted molar refractivity (Wildman–Crippen MR) is 72.1 cm³/mol. The van der Waals surface area contributed by atoms with Crippen molar-refractivity contribution in [2.24, 2.45) is 0 Å². The molecule has 2 heterocycles. The van der Waals surface area contributed by atoms with Crippen LogP contribution in [-0.4, -0.2) is 27.8 Å². The van der Waals surface area contributed by atoms with Gasteiger partial charge in [0, 0.05) is 25.1 Å². The molecule has 1 fully saturated rings. The Morgan fingerprint density at radius 3 is 2.89 bits per heavy atom. The van der Waals surface area contributed by atoms with Crippen molar-refractivity contribution < 1.29 is 9.59 Å². The zero-order chi connectivity index (χ0) is 13.3. The van der Waals surface area contributed by atoms with Crippen LogP contribution in [0.2, 0.25) is 0 Å². The van der Waals surface area contributed by atoms with Gasteiger partial charge in [-0.2, -0.15) is 0 Å². The number of nitrogen functional groups attached to an aromatic ring is 2. The zero-order valence-electron chi connectivity index (χ0n) is 9.92. The molecule has 2 rings (SSSR count). The number of rotatable bonds is 2. The summed E-state index contributed by atoms with van der Waals surface area (Å²) in [5.41, 5.74) is 12.7.